The van der Waals surface area contributed by atoms with Crippen molar-refractivity contribution >= 4 is 28.4 Å². The number of piperazine rings is 1. The summed E-state index contributed by atoms with van der Waals surface area (Å²) in [4.78, 5) is 27.2. The number of fused-ring (bicyclic) bond motifs is 2. The second kappa shape index (κ2) is 8.96. The molecule has 1 amide bonds. The van der Waals surface area contributed by atoms with Gasteiger partial charge in [-0.1, -0.05) is 13.8 Å². The average Bonchev–Trinajstić information content (AvgIpc) is 3.48. The first-order valence-electron chi connectivity index (χ1n) is 15.4. The summed E-state index contributed by atoms with van der Waals surface area (Å²) in [6.07, 6.45) is 3.33. The molecule has 35 heavy (non-hydrogen) atoms. The Morgan fingerprint density at radius 1 is 1.17 bits per heavy atom. The van der Waals surface area contributed by atoms with Gasteiger partial charge < -0.3 is 19.7 Å². The zero-order valence-electron chi connectivity index (χ0n) is 28.6. The van der Waals surface area contributed by atoms with Gasteiger partial charge in [0.2, 0.25) is 5.91 Å². The SMILES string of the molecule is [2H]C1([2H])N(C(=O)CN(C)C)C([2H])([2H])C([2H])([2H])N(c2ccc3[nH]c(-c4cn5ncnc5c(C)c4C)c(C(C)C)c3n2)C1([2H])[2H]. The summed E-state index contributed by atoms with van der Waals surface area (Å²) in [6, 6.07) is 2.91. The Morgan fingerprint density at radius 3 is 2.60 bits per heavy atom. The number of hydrogen-bond acceptors (Lipinski definition) is 6. The highest BCUT2D eigenvalue weighted by Crippen LogP contribution is 2.37. The third-order valence-corrected chi connectivity index (χ3v) is 6.11. The molecule has 0 radical (unpaired) electrons. The van der Waals surface area contributed by atoms with Crippen LogP contribution >= 0.6 is 0 Å². The van der Waals surface area contributed by atoms with Crippen molar-refractivity contribution in [2.24, 2.45) is 0 Å². The van der Waals surface area contributed by atoms with E-state index in [0.29, 0.717) is 15.9 Å². The van der Waals surface area contributed by atoms with Gasteiger partial charge >= 0.3 is 0 Å². The molecule has 0 aliphatic carbocycles. The van der Waals surface area contributed by atoms with Crippen LogP contribution in [0.25, 0.3) is 27.9 Å². The molecule has 4 aromatic heterocycles. The average molecular weight is 483 g/mol. The molecule has 1 N–H and O–H groups in total. The lowest BCUT2D eigenvalue weighted by atomic mass is 9.95. The van der Waals surface area contributed by atoms with Crippen molar-refractivity contribution in [1.29, 1.82) is 0 Å². The van der Waals surface area contributed by atoms with Gasteiger partial charge in [-0.2, -0.15) is 5.10 Å². The smallest absolute Gasteiger partial charge is 0.236 e. The van der Waals surface area contributed by atoms with Gasteiger partial charge in [0.1, 0.15) is 12.1 Å². The minimum absolute atomic E-state index is 0.0500. The van der Waals surface area contributed by atoms with Crippen molar-refractivity contribution in [3.8, 4) is 11.3 Å². The van der Waals surface area contributed by atoms with Gasteiger partial charge in [0.05, 0.1) is 34.2 Å². The van der Waals surface area contributed by atoms with E-state index in [9.17, 15) is 4.79 Å². The molecule has 0 saturated carbocycles. The second-order valence-electron chi connectivity index (χ2n) is 9.20. The predicted octanol–water partition coefficient (Wildman–Crippen LogP) is 3.22. The van der Waals surface area contributed by atoms with Crippen LogP contribution in [0.4, 0.5) is 5.82 Å². The summed E-state index contributed by atoms with van der Waals surface area (Å²) in [5, 5.41) is 4.29. The number of aromatic nitrogens is 5. The van der Waals surface area contributed by atoms with E-state index in [2.05, 4.69) is 20.1 Å². The predicted molar refractivity (Wildman–Crippen MR) is 139 cm³/mol. The number of carbonyl (C=O) groups excluding carboxylic acids is 1. The van der Waals surface area contributed by atoms with Gasteiger partial charge in [-0.25, -0.2) is 14.5 Å². The quantitative estimate of drug-likeness (QED) is 0.470. The Bertz CT molecular complexity index is 1720. The Hall–Kier alpha value is -3.46. The van der Waals surface area contributed by atoms with E-state index in [0.717, 1.165) is 33.6 Å². The fourth-order valence-electron chi connectivity index (χ4n) is 4.26. The molecule has 1 aliphatic rings. The lowest BCUT2D eigenvalue weighted by molar-refractivity contribution is -0.132. The zero-order chi connectivity index (χ0) is 32.0. The second-order valence-corrected chi connectivity index (χ2v) is 9.20. The summed E-state index contributed by atoms with van der Waals surface area (Å²) in [5.41, 5.74) is 5.92. The number of pyridine rings is 2. The van der Waals surface area contributed by atoms with Crippen LogP contribution in [0.15, 0.2) is 24.7 Å². The zero-order valence-corrected chi connectivity index (χ0v) is 20.6. The molecular formula is C26H34N8O. The molecule has 0 aromatic carbocycles. The molecule has 1 saturated heterocycles. The number of amides is 1. The number of anilines is 1. The third kappa shape index (κ3) is 4.14. The highest BCUT2D eigenvalue weighted by molar-refractivity contribution is 5.90. The Labute approximate surface area is 217 Å². The van der Waals surface area contributed by atoms with Crippen molar-refractivity contribution in [1.82, 2.24) is 34.4 Å². The van der Waals surface area contributed by atoms with Crippen molar-refractivity contribution in [3.05, 3.63) is 41.3 Å². The molecule has 0 bridgehead atoms. The van der Waals surface area contributed by atoms with Gasteiger partial charge in [0, 0.05) is 43.3 Å². The summed E-state index contributed by atoms with van der Waals surface area (Å²) in [6.45, 7) is -5.62. The number of H-pyrrole nitrogens is 1. The molecule has 0 atom stereocenters. The highest BCUT2D eigenvalue weighted by atomic mass is 16.2. The maximum absolute atomic E-state index is 13.0. The maximum atomic E-state index is 13.0. The van der Waals surface area contributed by atoms with Crippen molar-refractivity contribution in [2.45, 2.75) is 33.6 Å². The van der Waals surface area contributed by atoms with E-state index in [1.54, 1.807) is 10.6 Å². The minimum atomic E-state index is -3.28. The first-order valence-corrected chi connectivity index (χ1v) is 11.4. The van der Waals surface area contributed by atoms with Crippen LogP contribution in [0.1, 0.15) is 47.4 Å². The minimum Gasteiger partial charge on any atom is -0.353 e. The highest BCUT2D eigenvalue weighted by Gasteiger charge is 2.24. The summed E-state index contributed by atoms with van der Waals surface area (Å²) < 4.78 is 71.4. The Morgan fingerprint density at radius 2 is 1.91 bits per heavy atom. The maximum Gasteiger partial charge on any atom is 0.236 e. The van der Waals surface area contributed by atoms with Crippen molar-refractivity contribution < 1.29 is 15.8 Å². The lowest BCUT2D eigenvalue weighted by Gasteiger charge is -2.36. The lowest BCUT2D eigenvalue weighted by Crippen LogP contribution is -2.50. The molecule has 1 fully saturated rings. The molecule has 0 spiro atoms. The summed E-state index contributed by atoms with van der Waals surface area (Å²) in [7, 11) is 3.04. The van der Waals surface area contributed by atoms with Gasteiger partial charge in [-0.05, 0) is 57.1 Å². The summed E-state index contributed by atoms with van der Waals surface area (Å²) >= 11 is 0. The third-order valence-electron chi connectivity index (χ3n) is 6.11. The number of aromatic amines is 1. The molecule has 184 valence electrons. The van der Waals surface area contributed by atoms with E-state index in [-0.39, 0.29) is 16.6 Å². The van der Waals surface area contributed by atoms with Crippen LogP contribution in [0.3, 0.4) is 0 Å². The van der Waals surface area contributed by atoms with Crippen LogP contribution in [0.5, 0.6) is 0 Å². The van der Waals surface area contributed by atoms with Crippen molar-refractivity contribution in [3.63, 3.8) is 0 Å². The molecule has 9 nitrogen and oxygen atoms in total. The number of carbonyl (C=O) groups is 1. The molecule has 4 aromatic rings. The van der Waals surface area contributed by atoms with Gasteiger partial charge in [-0.15, -0.1) is 0 Å². The van der Waals surface area contributed by atoms with E-state index in [4.69, 9.17) is 11.0 Å². The fraction of sp³-hybridized carbons (Fsp3) is 0.462. The Balaban J connectivity index is 1.72. The van der Waals surface area contributed by atoms with Gasteiger partial charge in [-0.3, -0.25) is 4.79 Å². The van der Waals surface area contributed by atoms with Crippen LogP contribution in [0.2, 0.25) is 0 Å². The van der Waals surface area contributed by atoms with Gasteiger partial charge in [0.25, 0.3) is 0 Å². The Kier molecular flexibility index (Phi) is 3.97. The number of aryl methyl sites for hydroxylation is 1. The fourth-order valence-corrected chi connectivity index (χ4v) is 4.26. The monoisotopic (exact) mass is 482 g/mol. The van der Waals surface area contributed by atoms with Gasteiger partial charge in [0.15, 0.2) is 5.65 Å². The molecular weight excluding hydrogens is 440 g/mol. The normalized spacial score (nSPS) is 23.9. The molecule has 5 rings (SSSR count). The summed E-state index contributed by atoms with van der Waals surface area (Å²) in [5.74, 6) is -1.52. The molecule has 1 aliphatic heterocycles. The van der Waals surface area contributed by atoms with Crippen LogP contribution < -0.4 is 4.90 Å². The van der Waals surface area contributed by atoms with E-state index < -0.39 is 38.4 Å². The number of nitrogens with one attached hydrogen (secondary N) is 1. The van der Waals surface area contributed by atoms with Crippen LogP contribution in [0, 0.1) is 13.8 Å². The molecule has 5 heterocycles. The van der Waals surface area contributed by atoms with E-state index in [1.807, 2.05) is 33.9 Å². The topological polar surface area (TPSA) is 85.7 Å². The first kappa shape index (κ1) is 15.5. The van der Waals surface area contributed by atoms with Crippen molar-refractivity contribution in [2.75, 3.05) is 51.5 Å². The number of likely N-dealkylation sites (N-methyl/N-ethyl adjacent to an activating group) is 1. The van der Waals surface area contributed by atoms with Crippen LogP contribution in [-0.4, -0.2) is 86.9 Å². The first-order chi connectivity index (χ1) is 19.8. The largest absolute Gasteiger partial charge is 0.353 e. The standard InChI is InChI=1S/C26H34N8O/c1-16(2)23-24(19-13-34-26(27-15-28-34)18(4)17(19)3)29-20-7-8-21(30-25(20)23)32-9-11-33(12-10-32)22(35)14-31(5)6/h7-8,13,15-16,29H,9-12,14H2,1-6H3/i9D2,10D2,11D2,12D2. The molecule has 9 heteroatoms. The number of rotatable bonds is 5. The van der Waals surface area contributed by atoms with Crippen LogP contribution in [-0.2, 0) is 4.79 Å². The number of nitrogens with zero attached hydrogens (tertiary/aromatic N) is 7. The van der Waals surface area contributed by atoms with E-state index >= 15 is 0 Å². The van der Waals surface area contributed by atoms with E-state index in [1.165, 1.54) is 31.4 Å². The molecule has 0 unspecified atom stereocenters. The number of hydrogen-bond donors (Lipinski definition) is 1.